The molecule has 2 N–H and O–H groups in total. The van der Waals surface area contributed by atoms with Gasteiger partial charge in [-0.3, -0.25) is 0 Å². The zero-order valence-electron chi connectivity index (χ0n) is 18.4. The lowest BCUT2D eigenvalue weighted by Gasteiger charge is -2.35. The number of hydrogen-bond donors (Lipinski definition) is 2. The van der Waals surface area contributed by atoms with Crippen molar-refractivity contribution in [3.8, 4) is 11.5 Å². The lowest BCUT2D eigenvalue weighted by molar-refractivity contribution is -0.134. The van der Waals surface area contributed by atoms with E-state index >= 15 is 0 Å². The molecule has 31 heavy (non-hydrogen) atoms. The largest absolute Gasteiger partial charge is 0.478 e. The minimum atomic E-state index is -1.26. The second-order valence-corrected chi connectivity index (χ2v) is 7.53. The normalized spacial score (nSPS) is 15.4. The Labute approximate surface area is 182 Å². The Morgan fingerprint density at radius 3 is 2.32 bits per heavy atom. The third kappa shape index (κ3) is 7.32. The number of nitrogens with zero attached hydrogens (tertiary/aromatic N) is 3. The highest BCUT2D eigenvalue weighted by Crippen LogP contribution is 2.32. The number of benzene rings is 1. The van der Waals surface area contributed by atoms with E-state index in [-0.39, 0.29) is 0 Å². The first kappa shape index (κ1) is 24.3. The highest BCUT2D eigenvalue weighted by Gasteiger charge is 2.26. The fourth-order valence-corrected chi connectivity index (χ4v) is 3.88. The number of aryl methyl sites for hydroxylation is 2. The summed E-state index contributed by atoms with van der Waals surface area (Å²) in [4.78, 5) is 26.2. The molecule has 8 heteroatoms. The van der Waals surface area contributed by atoms with Gasteiger partial charge in [0, 0.05) is 23.8 Å². The molecular weight excluding hydrogens is 398 g/mol. The van der Waals surface area contributed by atoms with E-state index in [1.807, 2.05) is 6.92 Å². The number of aromatic nitrogens is 2. The molecule has 0 spiro atoms. The van der Waals surface area contributed by atoms with Crippen molar-refractivity contribution in [2.75, 3.05) is 13.1 Å². The fraction of sp³-hybridized carbons (Fsp3) is 0.478. The molecule has 0 saturated carbocycles. The third-order valence-corrected chi connectivity index (χ3v) is 5.12. The molecule has 3 rings (SSSR count). The van der Waals surface area contributed by atoms with Crippen molar-refractivity contribution >= 4 is 11.9 Å². The van der Waals surface area contributed by atoms with Crippen molar-refractivity contribution in [3.63, 3.8) is 0 Å². The van der Waals surface area contributed by atoms with Crippen LogP contribution in [0, 0.1) is 6.92 Å². The summed E-state index contributed by atoms with van der Waals surface area (Å²) in [6.07, 6.45) is 7.03. The van der Waals surface area contributed by atoms with Crippen LogP contribution in [-0.4, -0.2) is 56.3 Å². The van der Waals surface area contributed by atoms with E-state index in [1.165, 1.54) is 43.5 Å². The Hall–Kier alpha value is -3.00. The first-order chi connectivity index (χ1) is 14.8. The molecule has 0 radical (unpaired) electrons. The first-order valence-electron chi connectivity index (χ1n) is 10.6. The summed E-state index contributed by atoms with van der Waals surface area (Å²) in [5.41, 5.74) is 3.98. The van der Waals surface area contributed by atoms with Gasteiger partial charge in [0.1, 0.15) is 0 Å². The van der Waals surface area contributed by atoms with Crippen LogP contribution in [-0.2, 0) is 22.4 Å². The zero-order valence-corrected chi connectivity index (χ0v) is 18.4. The third-order valence-electron chi connectivity index (χ3n) is 5.12. The molecule has 168 valence electrons. The van der Waals surface area contributed by atoms with Crippen molar-refractivity contribution in [2.45, 2.75) is 58.9 Å². The number of fused-ring (bicyclic) bond motifs is 1. The molecule has 1 aromatic heterocycles. The Kier molecular flexibility index (Phi) is 9.40. The van der Waals surface area contributed by atoms with Crippen molar-refractivity contribution in [1.29, 1.82) is 0 Å². The summed E-state index contributed by atoms with van der Waals surface area (Å²) >= 11 is 0. The predicted molar refractivity (Wildman–Crippen MR) is 117 cm³/mol. The lowest BCUT2D eigenvalue weighted by atomic mass is 9.84. The SMILES string of the molecule is CCCN(CCC)C1CCc2cccc(-c3nc(C)no3)c2C1.O=C(O)/C=C\C(=O)O. The summed E-state index contributed by atoms with van der Waals surface area (Å²) in [6, 6.07) is 7.12. The van der Waals surface area contributed by atoms with E-state index < -0.39 is 11.9 Å². The predicted octanol–water partition coefficient (Wildman–Crippen LogP) is 3.74. The number of aliphatic carboxylic acids is 2. The highest BCUT2D eigenvalue weighted by atomic mass is 16.5. The average Bonchev–Trinajstić information content (AvgIpc) is 3.18. The molecule has 0 aliphatic heterocycles. The van der Waals surface area contributed by atoms with Gasteiger partial charge in [-0.05, 0) is 69.3 Å². The number of carboxylic acids is 2. The molecule has 1 atom stereocenters. The van der Waals surface area contributed by atoms with Gasteiger partial charge in [-0.1, -0.05) is 31.1 Å². The van der Waals surface area contributed by atoms with Gasteiger partial charge >= 0.3 is 11.9 Å². The Balaban J connectivity index is 0.000000366. The molecule has 1 unspecified atom stereocenters. The molecule has 1 aliphatic rings. The molecular formula is C23H31N3O5. The van der Waals surface area contributed by atoms with Crippen LogP contribution in [0.3, 0.4) is 0 Å². The molecule has 2 aromatic rings. The first-order valence-corrected chi connectivity index (χ1v) is 10.6. The molecule has 0 amide bonds. The number of carbonyl (C=O) groups is 2. The second-order valence-electron chi connectivity index (χ2n) is 7.53. The molecule has 0 bridgehead atoms. The van der Waals surface area contributed by atoms with Gasteiger partial charge in [-0.2, -0.15) is 4.98 Å². The average molecular weight is 430 g/mol. The van der Waals surface area contributed by atoms with E-state index in [0.717, 1.165) is 18.4 Å². The second kappa shape index (κ2) is 12.0. The van der Waals surface area contributed by atoms with Gasteiger partial charge in [-0.25, -0.2) is 9.59 Å². The standard InChI is InChI=1S/C19H27N3O.C4H4O4/c1-4-11-22(12-5-2)16-10-9-15-7-6-8-17(18(15)13-16)19-20-14(3)21-23-19;5-3(6)1-2-4(7)8/h6-8,16H,4-5,9-13H2,1-3H3;1-2H,(H,5,6)(H,7,8)/b;2-1-. The van der Waals surface area contributed by atoms with Gasteiger partial charge in [0.2, 0.25) is 0 Å². The van der Waals surface area contributed by atoms with E-state index in [1.54, 1.807) is 0 Å². The summed E-state index contributed by atoms with van der Waals surface area (Å²) in [6.45, 7) is 8.79. The fourth-order valence-electron chi connectivity index (χ4n) is 3.88. The number of rotatable bonds is 8. The van der Waals surface area contributed by atoms with Crippen LogP contribution >= 0.6 is 0 Å². The summed E-state index contributed by atoms with van der Waals surface area (Å²) < 4.78 is 5.43. The topological polar surface area (TPSA) is 117 Å². The van der Waals surface area contributed by atoms with E-state index in [2.05, 4.69) is 47.1 Å². The maximum absolute atomic E-state index is 9.55. The summed E-state index contributed by atoms with van der Waals surface area (Å²) in [5, 5.41) is 19.6. The minimum Gasteiger partial charge on any atom is -0.478 e. The summed E-state index contributed by atoms with van der Waals surface area (Å²) in [5.74, 6) is -1.15. The van der Waals surface area contributed by atoms with Crippen LogP contribution in [0.4, 0.5) is 0 Å². The van der Waals surface area contributed by atoms with Crippen molar-refractivity contribution in [3.05, 3.63) is 47.3 Å². The van der Waals surface area contributed by atoms with Gasteiger partial charge in [0.05, 0.1) is 0 Å². The number of carboxylic acid groups (broad SMARTS) is 2. The van der Waals surface area contributed by atoms with Crippen LogP contribution in [0.25, 0.3) is 11.5 Å². The quantitative estimate of drug-likeness (QED) is 0.610. The van der Waals surface area contributed by atoms with Gasteiger partial charge in [0.15, 0.2) is 5.82 Å². The smallest absolute Gasteiger partial charge is 0.328 e. The Morgan fingerprint density at radius 1 is 1.16 bits per heavy atom. The Morgan fingerprint density at radius 2 is 1.81 bits per heavy atom. The van der Waals surface area contributed by atoms with Gasteiger partial charge in [-0.15, -0.1) is 0 Å². The monoisotopic (exact) mass is 429 g/mol. The highest BCUT2D eigenvalue weighted by molar-refractivity contribution is 5.89. The van der Waals surface area contributed by atoms with E-state index in [4.69, 9.17) is 14.7 Å². The van der Waals surface area contributed by atoms with Crippen LogP contribution in [0.5, 0.6) is 0 Å². The van der Waals surface area contributed by atoms with Crippen LogP contribution in [0.1, 0.15) is 50.1 Å². The Bertz CT molecular complexity index is 884. The molecule has 0 fully saturated rings. The molecule has 1 aliphatic carbocycles. The van der Waals surface area contributed by atoms with Crippen molar-refractivity contribution < 1.29 is 24.3 Å². The number of hydrogen-bond acceptors (Lipinski definition) is 6. The summed E-state index contributed by atoms with van der Waals surface area (Å²) in [7, 11) is 0. The molecule has 1 aromatic carbocycles. The molecule has 1 heterocycles. The van der Waals surface area contributed by atoms with Crippen molar-refractivity contribution in [1.82, 2.24) is 15.0 Å². The van der Waals surface area contributed by atoms with Gasteiger partial charge < -0.3 is 19.6 Å². The van der Waals surface area contributed by atoms with E-state index in [9.17, 15) is 9.59 Å². The minimum absolute atomic E-state index is 0.558. The van der Waals surface area contributed by atoms with Crippen LogP contribution in [0.15, 0.2) is 34.9 Å². The maximum Gasteiger partial charge on any atom is 0.328 e. The maximum atomic E-state index is 9.55. The molecule has 0 saturated heterocycles. The van der Waals surface area contributed by atoms with E-state index in [0.29, 0.717) is 29.9 Å². The van der Waals surface area contributed by atoms with Crippen LogP contribution < -0.4 is 0 Å². The van der Waals surface area contributed by atoms with Crippen LogP contribution in [0.2, 0.25) is 0 Å². The lowest BCUT2D eigenvalue weighted by Crippen LogP contribution is -2.40. The van der Waals surface area contributed by atoms with Gasteiger partial charge in [0.25, 0.3) is 5.89 Å². The zero-order chi connectivity index (χ0) is 22.8. The van der Waals surface area contributed by atoms with Crippen molar-refractivity contribution in [2.24, 2.45) is 0 Å². The molecule has 8 nitrogen and oxygen atoms in total.